The van der Waals surface area contributed by atoms with Crippen LogP contribution in [0.5, 0.6) is 0 Å². The van der Waals surface area contributed by atoms with E-state index in [9.17, 15) is 4.39 Å². The minimum atomic E-state index is -0.336. The minimum absolute atomic E-state index is 0.336. The monoisotopic (exact) mass is 265 g/mol. The Morgan fingerprint density at radius 2 is 2.11 bits per heavy atom. The maximum Gasteiger partial charge on any atom is 0.132 e. The van der Waals surface area contributed by atoms with Crippen LogP contribution in [-0.2, 0) is 0 Å². The third-order valence-electron chi connectivity index (χ3n) is 2.61. The highest BCUT2D eigenvalue weighted by Gasteiger charge is 2.12. The van der Waals surface area contributed by atoms with Crippen LogP contribution in [-0.4, -0.2) is 16.5 Å². The number of anilines is 1. The first-order valence-electron chi connectivity index (χ1n) is 5.64. The van der Waals surface area contributed by atoms with Gasteiger partial charge in [-0.15, -0.1) is 0 Å². The molecule has 1 heterocycles. The van der Waals surface area contributed by atoms with Gasteiger partial charge in [-0.05, 0) is 32.0 Å². The average molecular weight is 266 g/mol. The predicted molar refractivity (Wildman–Crippen MR) is 71.3 cm³/mol. The van der Waals surface area contributed by atoms with Gasteiger partial charge in [-0.3, -0.25) is 0 Å². The molecule has 0 aliphatic carbocycles. The van der Waals surface area contributed by atoms with Crippen molar-refractivity contribution in [3.63, 3.8) is 0 Å². The molecule has 0 saturated heterocycles. The van der Waals surface area contributed by atoms with Gasteiger partial charge in [0.05, 0.1) is 10.7 Å². The molecule has 18 heavy (non-hydrogen) atoms. The van der Waals surface area contributed by atoms with E-state index in [1.807, 2.05) is 13.8 Å². The molecule has 0 aliphatic heterocycles. The molecule has 1 aromatic heterocycles. The van der Waals surface area contributed by atoms with Crippen LogP contribution in [0.25, 0.3) is 11.3 Å². The lowest BCUT2D eigenvalue weighted by Gasteiger charge is -2.11. The van der Waals surface area contributed by atoms with Gasteiger partial charge in [0.15, 0.2) is 0 Å². The van der Waals surface area contributed by atoms with Gasteiger partial charge >= 0.3 is 0 Å². The van der Waals surface area contributed by atoms with Crippen molar-refractivity contribution in [2.45, 2.75) is 13.8 Å². The number of nitrogens with one attached hydrogen (secondary N) is 1. The summed E-state index contributed by atoms with van der Waals surface area (Å²) in [5, 5.41) is 3.60. The normalized spacial score (nSPS) is 10.4. The zero-order valence-corrected chi connectivity index (χ0v) is 10.9. The third-order valence-corrected chi connectivity index (χ3v) is 2.94. The summed E-state index contributed by atoms with van der Waals surface area (Å²) in [4.78, 5) is 8.34. The first kappa shape index (κ1) is 12.8. The molecule has 0 bridgehead atoms. The maximum atomic E-state index is 13.3. The third kappa shape index (κ3) is 2.43. The lowest BCUT2D eigenvalue weighted by molar-refractivity contribution is 0.628. The van der Waals surface area contributed by atoms with E-state index in [4.69, 9.17) is 11.6 Å². The number of aromatic nitrogens is 2. The van der Waals surface area contributed by atoms with Crippen LogP contribution in [0.3, 0.4) is 0 Å². The molecule has 2 rings (SSSR count). The fourth-order valence-corrected chi connectivity index (χ4v) is 1.95. The smallest absolute Gasteiger partial charge is 0.132 e. The second-order valence-electron chi connectivity index (χ2n) is 3.85. The van der Waals surface area contributed by atoms with Crippen molar-refractivity contribution in [2.24, 2.45) is 0 Å². The number of nitrogens with zero attached hydrogens (tertiary/aromatic N) is 2. The second-order valence-corrected chi connectivity index (χ2v) is 4.26. The Bertz CT molecular complexity index is 572. The van der Waals surface area contributed by atoms with Gasteiger partial charge in [-0.2, -0.15) is 0 Å². The molecule has 0 fully saturated rings. The highest BCUT2D eigenvalue weighted by atomic mass is 35.5. The van der Waals surface area contributed by atoms with Gasteiger partial charge in [0.25, 0.3) is 0 Å². The SMILES string of the molecule is CCNc1ncnc(-c2cc(F)ccc2Cl)c1C. The molecular formula is C13H13ClFN3. The van der Waals surface area contributed by atoms with Gasteiger partial charge in [0.2, 0.25) is 0 Å². The van der Waals surface area contributed by atoms with E-state index < -0.39 is 0 Å². The van der Waals surface area contributed by atoms with Gasteiger partial charge < -0.3 is 5.32 Å². The molecule has 0 aliphatic rings. The summed E-state index contributed by atoms with van der Waals surface area (Å²) in [6, 6.07) is 4.24. The van der Waals surface area contributed by atoms with E-state index >= 15 is 0 Å². The van der Waals surface area contributed by atoms with Crippen molar-refractivity contribution in [3.8, 4) is 11.3 Å². The predicted octanol–water partition coefficient (Wildman–Crippen LogP) is 3.68. The lowest BCUT2D eigenvalue weighted by Crippen LogP contribution is -2.04. The number of halogens is 2. The molecule has 0 unspecified atom stereocenters. The number of rotatable bonds is 3. The van der Waals surface area contributed by atoms with E-state index in [-0.39, 0.29) is 5.82 Å². The van der Waals surface area contributed by atoms with Crippen molar-refractivity contribution in [2.75, 3.05) is 11.9 Å². The van der Waals surface area contributed by atoms with E-state index in [0.717, 1.165) is 17.9 Å². The summed E-state index contributed by atoms with van der Waals surface area (Å²) in [7, 11) is 0. The Labute approximate surface area is 110 Å². The van der Waals surface area contributed by atoms with Gasteiger partial charge in [-0.1, -0.05) is 11.6 Å². The Morgan fingerprint density at radius 3 is 2.83 bits per heavy atom. The molecule has 5 heteroatoms. The first-order chi connectivity index (χ1) is 8.63. The Balaban J connectivity index is 2.57. The largest absolute Gasteiger partial charge is 0.370 e. The molecule has 0 spiro atoms. The summed E-state index contributed by atoms with van der Waals surface area (Å²) in [6.07, 6.45) is 1.45. The first-order valence-corrected chi connectivity index (χ1v) is 6.02. The molecule has 1 aromatic carbocycles. The maximum absolute atomic E-state index is 13.3. The highest BCUT2D eigenvalue weighted by Crippen LogP contribution is 2.31. The lowest BCUT2D eigenvalue weighted by atomic mass is 10.1. The average Bonchev–Trinajstić information content (AvgIpc) is 2.35. The van der Waals surface area contributed by atoms with E-state index in [0.29, 0.717) is 16.3 Å². The molecule has 0 amide bonds. The molecule has 3 nitrogen and oxygen atoms in total. The Morgan fingerprint density at radius 1 is 1.33 bits per heavy atom. The molecule has 94 valence electrons. The summed E-state index contributed by atoms with van der Waals surface area (Å²) in [5.41, 5.74) is 2.08. The van der Waals surface area contributed by atoms with Crippen molar-refractivity contribution >= 4 is 17.4 Å². The van der Waals surface area contributed by atoms with Crippen LogP contribution in [0.4, 0.5) is 10.2 Å². The highest BCUT2D eigenvalue weighted by molar-refractivity contribution is 6.33. The Hall–Kier alpha value is -1.68. The second kappa shape index (κ2) is 5.31. The minimum Gasteiger partial charge on any atom is -0.370 e. The summed E-state index contributed by atoms with van der Waals surface area (Å²) in [5.74, 6) is 0.403. The van der Waals surface area contributed by atoms with Crippen LogP contribution in [0.1, 0.15) is 12.5 Å². The molecule has 0 radical (unpaired) electrons. The number of benzene rings is 1. The molecule has 0 saturated carbocycles. The standard InChI is InChI=1S/C13H13ClFN3/c1-3-16-13-8(2)12(17-7-18-13)10-6-9(15)4-5-11(10)14/h4-7H,3H2,1-2H3,(H,16,17,18). The number of hydrogen-bond acceptors (Lipinski definition) is 3. The van der Waals surface area contributed by atoms with Crippen LogP contribution < -0.4 is 5.32 Å². The molecule has 0 atom stereocenters. The number of hydrogen-bond donors (Lipinski definition) is 1. The van der Waals surface area contributed by atoms with Gasteiger partial charge in [0, 0.05) is 17.7 Å². The fourth-order valence-electron chi connectivity index (χ4n) is 1.75. The van der Waals surface area contributed by atoms with Gasteiger partial charge in [-0.25, -0.2) is 14.4 Å². The zero-order chi connectivity index (χ0) is 13.1. The van der Waals surface area contributed by atoms with Crippen LogP contribution >= 0.6 is 11.6 Å². The van der Waals surface area contributed by atoms with Gasteiger partial charge in [0.1, 0.15) is 18.0 Å². The summed E-state index contributed by atoms with van der Waals surface area (Å²) in [6.45, 7) is 4.62. The van der Waals surface area contributed by atoms with E-state index in [1.165, 1.54) is 24.5 Å². The van der Waals surface area contributed by atoms with Crippen LogP contribution in [0.15, 0.2) is 24.5 Å². The zero-order valence-electron chi connectivity index (χ0n) is 10.2. The van der Waals surface area contributed by atoms with Crippen molar-refractivity contribution in [1.82, 2.24) is 9.97 Å². The molecular weight excluding hydrogens is 253 g/mol. The fraction of sp³-hybridized carbons (Fsp3) is 0.231. The van der Waals surface area contributed by atoms with Crippen molar-refractivity contribution < 1.29 is 4.39 Å². The van der Waals surface area contributed by atoms with Crippen LogP contribution in [0.2, 0.25) is 5.02 Å². The molecule has 2 aromatic rings. The quantitative estimate of drug-likeness (QED) is 0.920. The van der Waals surface area contributed by atoms with Crippen molar-refractivity contribution in [3.05, 3.63) is 40.9 Å². The molecule has 1 N–H and O–H groups in total. The Kier molecular flexibility index (Phi) is 3.77. The topological polar surface area (TPSA) is 37.8 Å². The summed E-state index contributed by atoms with van der Waals surface area (Å²) < 4.78 is 13.3. The van der Waals surface area contributed by atoms with E-state index in [2.05, 4.69) is 15.3 Å². The summed E-state index contributed by atoms with van der Waals surface area (Å²) >= 11 is 6.08. The van der Waals surface area contributed by atoms with Crippen molar-refractivity contribution in [1.29, 1.82) is 0 Å². The van der Waals surface area contributed by atoms with Crippen LogP contribution in [0, 0.1) is 12.7 Å². The van der Waals surface area contributed by atoms with E-state index in [1.54, 1.807) is 0 Å².